The van der Waals surface area contributed by atoms with E-state index in [1.54, 1.807) is 0 Å². The summed E-state index contributed by atoms with van der Waals surface area (Å²) in [7, 11) is 0. The lowest BCUT2D eigenvalue weighted by Gasteiger charge is -2.17. The molecule has 1 aliphatic rings. The van der Waals surface area contributed by atoms with Crippen LogP contribution >= 0.6 is 0 Å². The van der Waals surface area contributed by atoms with Gasteiger partial charge in [-0.25, -0.2) is 9.59 Å². The van der Waals surface area contributed by atoms with Crippen LogP contribution < -0.4 is 11.1 Å². The number of nitrogens with one attached hydrogen (secondary N) is 1. The minimum Gasteiger partial charge on any atom is -0.480 e. The highest BCUT2D eigenvalue weighted by Gasteiger charge is 2.29. The maximum atomic E-state index is 12.4. The Morgan fingerprint density at radius 2 is 1.45 bits per heavy atom. The van der Waals surface area contributed by atoms with E-state index >= 15 is 0 Å². The maximum absolute atomic E-state index is 12.4. The number of rotatable bonds is 7. The Hall–Kier alpha value is -3.64. The third-order valence-electron chi connectivity index (χ3n) is 5.63. The Labute approximate surface area is 180 Å². The van der Waals surface area contributed by atoms with E-state index in [2.05, 4.69) is 17.4 Å². The number of carbonyl (C=O) groups is 2. The molecule has 1 aliphatic carbocycles. The fourth-order valence-electron chi connectivity index (χ4n) is 4.03. The van der Waals surface area contributed by atoms with Crippen LogP contribution in [-0.4, -0.2) is 29.8 Å². The number of alkyl carbamates (subject to hydrolysis) is 1. The van der Waals surface area contributed by atoms with Gasteiger partial charge >= 0.3 is 12.1 Å². The highest BCUT2D eigenvalue weighted by atomic mass is 16.5. The quantitative estimate of drug-likeness (QED) is 0.545. The number of hydrogen-bond donors (Lipinski definition) is 3. The van der Waals surface area contributed by atoms with Gasteiger partial charge in [0, 0.05) is 18.9 Å². The van der Waals surface area contributed by atoms with E-state index in [1.807, 2.05) is 60.7 Å². The molecule has 0 saturated heterocycles. The molecule has 158 valence electrons. The fourth-order valence-corrected chi connectivity index (χ4v) is 4.03. The largest absolute Gasteiger partial charge is 0.480 e. The van der Waals surface area contributed by atoms with Gasteiger partial charge in [0.15, 0.2) is 0 Å². The Balaban J connectivity index is 1.41. The summed E-state index contributed by atoms with van der Waals surface area (Å²) in [5.41, 5.74) is 11.8. The number of carboxylic acid groups (broad SMARTS) is 1. The zero-order valence-corrected chi connectivity index (χ0v) is 17.0. The van der Waals surface area contributed by atoms with Gasteiger partial charge in [-0.3, -0.25) is 0 Å². The number of fused-ring (bicyclic) bond motifs is 3. The van der Waals surface area contributed by atoms with Gasteiger partial charge in [0.2, 0.25) is 0 Å². The second-order valence-electron chi connectivity index (χ2n) is 7.59. The molecule has 4 rings (SSSR count). The average molecular weight is 416 g/mol. The number of ether oxygens (including phenoxy) is 1. The van der Waals surface area contributed by atoms with Gasteiger partial charge in [-0.05, 0) is 33.4 Å². The SMILES string of the molecule is NCc1ccc(C[C@@H](NC(=O)OCC2c3ccccc3-c3ccccc32)C(=O)O)cc1. The zero-order chi connectivity index (χ0) is 21.8. The van der Waals surface area contributed by atoms with Crippen LogP contribution in [0.1, 0.15) is 28.2 Å². The first-order valence-electron chi connectivity index (χ1n) is 10.2. The predicted molar refractivity (Wildman–Crippen MR) is 118 cm³/mol. The number of benzene rings is 3. The third-order valence-corrected chi connectivity index (χ3v) is 5.63. The minimum atomic E-state index is -1.11. The van der Waals surface area contributed by atoms with Crippen molar-refractivity contribution in [2.75, 3.05) is 6.61 Å². The summed E-state index contributed by atoms with van der Waals surface area (Å²) in [6, 6.07) is 22.3. The first kappa shape index (κ1) is 20.6. The lowest BCUT2D eigenvalue weighted by atomic mass is 9.98. The van der Waals surface area contributed by atoms with Crippen molar-refractivity contribution in [3.05, 3.63) is 95.1 Å². The van der Waals surface area contributed by atoms with Gasteiger partial charge in [-0.1, -0.05) is 72.8 Å². The van der Waals surface area contributed by atoms with Crippen LogP contribution in [0, 0.1) is 0 Å². The topological polar surface area (TPSA) is 102 Å². The van der Waals surface area contributed by atoms with Crippen molar-refractivity contribution in [3.63, 3.8) is 0 Å². The van der Waals surface area contributed by atoms with Gasteiger partial charge in [0.1, 0.15) is 12.6 Å². The van der Waals surface area contributed by atoms with Crippen molar-refractivity contribution in [2.24, 2.45) is 5.73 Å². The molecule has 31 heavy (non-hydrogen) atoms. The third kappa shape index (κ3) is 4.44. The standard InChI is InChI=1S/C25H24N2O4/c26-14-17-11-9-16(10-12-17)13-23(24(28)29)27-25(30)31-15-22-20-7-3-1-5-18(20)19-6-2-4-8-21(19)22/h1-12,22-23H,13-15,26H2,(H,27,30)(H,28,29)/t23-/m1/s1. The number of carboxylic acids is 1. The molecule has 6 nitrogen and oxygen atoms in total. The molecular formula is C25H24N2O4. The summed E-state index contributed by atoms with van der Waals surface area (Å²) in [5, 5.41) is 12.0. The van der Waals surface area contributed by atoms with Gasteiger partial charge in [0.05, 0.1) is 0 Å². The smallest absolute Gasteiger partial charge is 0.407 e. The van der Waals surface area contributed by atoms with Crippen LogP contribution in [0.3, 0.4) is 0 Å². The normalized spacial score (nSPS) is 13.2. The summed E-state index contributed by atoms with van der Waals surface area (Å²) in [4.78, 5) is 24.1. The molecular weight excluding hydrogens is 392 g/mol. The molecule has 0 spiro atoms. The van der Waals surface area contributed by atoms with Crippen LogP contribution in [0.4, 0.5) is 4.79 Å². The molecule has 0 saturated carbocycles. The Kier molecular flexibility index (Phi) is 6.00. The number of amides is 1. The van der Waals surface area contributed by atoms with E-state index < -0.39 is 18.1 Å². The van der Waals surface area contributed by atoms with Crippen LogP contribution in [0.5, 0.6) is 0 Å². The summed E-state index contributed by atoms with van der Waals surface area (Å²) < 4.78 is 5.46. The highest BCUT2D eigenvalue weighted by Crippen LogP contribution is 2.44. The van der Waals surface area contributed by atoms with Crippen LogP contribution in [0.2, 0.25) is 0 Å². The predicted octanol–water partition coefficient (Wildman–Crippen LogP) is 3.68. The second kappa shape index (κ2) is 9.02. The first-order valence-corrected chi connectivity index (χ1v) is 10.2. The summed E-state index contributed by atoms with van der Waals surface area (Å²) in [6.45, 7) is 0.554. The molecule has 0 unspecified atom stereocenters. The van der Waals surface area contributed by atoms with Crippen LogP contribution in [-0.2, 0) is 22.5 Å². The van der Waals surface area contributed by atoms with Gasteiger partial charge in [-0.15, -0.1) is 0 Å². The van der Waals surface area contributed by atoms with E-state index in [9.17, 15) is 14.7 Å². The number of hydrogen-bond acceptors (Lipinski definition) is 4. The monoisotopic (exact) mass is 416 g/mol. The van der Waals surface area contributed by atoms with E-state index in [0.29, 0.717) is 6.54 Å². The van der Waals surface area contributed by atoms with E-state index in [4.69, 9.17) is 10.5 Å². The molecule has 1 atom stereocenters. The number of aliphatic carboxylic acids is 1. The molecule has 1 amide bonds. The van der Waals surface area contributed by atoms with Crippen molar-refractivity contribution < 1.29 is 19.4 Å². The molecule has 4 N–H and O–H groups in total. The van der Waals surface area contributed by atoms with Gasteiger partial charge in [0.25, 0.3) is 0 Å². The van der Waals surface area contributed by atoms with E-state index in [1.165, 1.54) is 0 Å². The van der Waals surface area contributed by atoms with Crippen molar-refractivity contribution >= 4 is 12.1 Å². The van der Waals surface area contributed by atoms with Crippen LogP contribution in [0.25, 0.3) is 11.1 Å². The molecule has 3 aromatic rings. The van der Waals surface area contributed by atoms with Crippen LogP contribution in [0.15, 0.2) is 72.8 Å². The van der Waals surface area contributed by atoms with E-state index in [-0.39, 0.29) is 18.9 Å². The molecule has 6 heteroatoms. The van der Waals surface area contributed by atoms with Crippen molar-refractivity contribution in [1.29, 1.82) is 0 Å². The Morgan fingerprint density at radius 3 is 2.00 bits per heavy atom. The molecule has 0 aromatic heterocycles. The number of nitrogens with two attached hydrogens (primary N) is 1. The van der Waals surface area contributed by atoms with Gasteiger partial charge in [-0.2, -0.15) is 0 Å². The zero-order valence-electron chi connectivity index (χ0n) is 17.0. The fraction of sp³-hybridized carbons (Fsp3) is 0.200. The summed E-state index contributed by atoms with van der Waals surface area (Å²) in [6.07, 6.45) is -0.586. The Bertz CT molecular complexity index is 1050. The lowest BCUT2D eigenvalue weighted by molar-refractivity contribution is -0.139. The van der Waals surface area contributed by atoms with Gasteiger partial charge < -0.3 is 20.9 Å². The minimum absolute atomic E-state index is 0.0785. The summed E-state index contributed by atoms with van der Waals surface area (Å²) >= 11 is 0. The average Bonchev–Trinajstić information content (AvgIpc) is 3.11. The molecule has 3 aromatic carbocycles. The molecule has 0 radical (unpaired) electrons. The van der Waals surface area contributed by atoms with Crippen molar-refractivity contribution in [1.82, 2.24) is 5.32 Å². The first-order chi connectivity index (χ1) is 15.1. The maximum Gasteiger partial charge on any atom is 0.407 e. The van der Waals surface area contributed by atoms with Crippen molar-refractivity contribution in [2.45, 2.75) is 24.9 Å². The number of carbonyl (C=O) groups excluding carboxylic acids is 1. The highest BCUT2D eigenvalue weighted by molar-refractivity contribution is 5.81. The Morgan fingerprint density at radius 1 is 0.903 bits per heavy atom. The molecule has 0 heterocycles. The van der Waals surface area contributed by atoms with Crippen molar-refractivity contribution in [3.8, 4) is 11.1 Å². The second-order valence-corrected chi connectivity index (χ2v) is 7.59. The molecule has 0 fully saturated rings. The van der Waals surface area contributed by atoms with E-state index in [0.717, 1.165) is 33.4 Å². The lowest BCUT2D eigenvalue weighted by Crippen LogP contribution is -2.42. The molecule has 0 aliphatic heterocycles. The molecule has 0 bridgehead atoms. The summed E-state index contributed by atoms with van der Waals surface area (Å²) in [5.74, 6) is -1.19.